The Morgan fingerprint density at radius 2 is 1.45 bits per heavy atom. The number of anilines is 1. The molecule has 3 aromatic carbocycles. The number of hydrogen-bond donors (Lipinski definition) is 0. The average Bonchev–Trinajstić information content (AvgIpc) is 3.10. The zero-order valence-corrected chi connectivity index (χ0v) is 19.3. The van der Waals surface area contributed by atoms with Gasteiger partial charge in [0.25, 0.3) is 5.91 Å². The van der Waals surface area contributed by atoms with Crippen LogP contribution in [-0.2, 0) is 27.2 Å². The second kappa shape index (κ2) is 10.2. The first kappa shape index (κ1) is 23.0. The molecule has 3 aromatic rings. The predicted octanol–water partition coefficient (Wildman–Crippen LogP) is 4.94. The summed E-state index contributed by atoms with van der Waals surface area (Å²) in [7, 11) is 0. The number of rotatable bonds is 7. The van der Waals surface area contributed by atoms with E-state index >= 15 is 0 Å². The van der Waals surface area contributed by atoms with Crippen molar-refractivity contribution in [2.75, 3.05) is 11.4 Å². The van der Waals surface area contributed by atoms with Gasteiger partial charge in [-0.1, -0.05) is 65.7 Å². The van der Waals surface area contributed by atoms with Gasteiger partial charge in [0.05, 0.1) is 18.5 Å². The van der Waals surface area contributed by atoms with E-state index in [0.29, 0.717) is 28.7 Å². The topological polar surface area (TPSA) is 57.7 Å². The second-order valence-corrected chi connectivity index (χ2v) is 8.76. The van der Waals surface area contributed by atoms with Gasteiger partial charge in [0.1, 0.15) is 6.04 Å². The molecule has 4 rings (SSSR count). The van der Waals surface area contributed by atoms with Crippen LogP contribution in [0.4, 0.5) is 5.69 Å². The minimum atomic E-state index is -0.850. The fourth-order valence-corrected chi connectivity index (χ4v) is 4.20. The molecular formula is C26H22Cl2N2O3. The first-order chi connectivity index (χ1) is 15.9. The molecule has 1 unspecified atom stereocenters. The summed E-state index contributed by atoms with van der Waals surface area (Å²) in [6.45, 7) is 0.328. The molecule has 1 fully saturated rings. The molecule has 0 bridgehead atoms. The molecule has 0 aliphatic carbocycles. The van der Waals surface area contributed by atoms with Crippen LogP contribution < -0.4 is 4.90 Å². The predicted molar refractivity (Wildman–Crippen MR) is 129 cm³/mol. The summed E-state index contributed by atoms with van der Waals surface area (Å²) >= 11 is 11.9. The van der Waals surface area contributed by atoms with Crippen molar-refractivity contribution in [2.24, 2.45) is 0 Å². The van der Waals surface area contributed by atoms with Crippen molar-refractivity contribution in [2.45, 2.75) is 25.3 Å². The highest BCUT2D eigenvalue weighted by molar-refractivity contribution is 6.31. The number of imide groups is 1. The second-order valence-electron chi connectivity index (χ2n) is 7.89. The molecule has 0 N–H and O–H groups in total. The first-order valence-corrected chi connectivity index (χ1v) is 11.4. The van der Waals surface area contributed by atoms with Crippen LogP contribution in [0.15, 0.2) is 78.9 Å². The van der Waals surface area contributed by atoms with Gasteiger partial charge >= 0.3 is 0 Å². The van der Waals surface area contributed by atoms with Gasteiger partial charge in [0.2, 0.25) is 11.8 Å². The Bertz CT molecular complexity index is 1150. The maximum absolute atomic E-state index is 13.3. The Morgan fingerprint density at radius 3 is 2.09 bits per heavy atom. The van der Waals surface area contributed by atoms with E-state index in [9.17, 15) is 14.4 Å². The highest BCUT2D eigenvalue weighted by atomic mass is 35.5. The fourth-order valence-electron chi connectivity index (χ4n) is 3.95. The number of benzene rings is 3. The zero-order chi connectivity index (χ0) is 23.4. The lowest BCUT2D eigenvalue weighted by Gasteiger charge is -2.28. The number of nitrogens with zero attached hydrogens (tertiary/aromatic N) is 2. The standard InChI is InChI=1S/C26H22Cl2N2O3/c27-20-8-6-19(7-9-20)16-24(31)29(15-14-18-4-2-1-3-5-18)23-17-25(32)30(26(23)33)22-12-10-21(28)11-13-22/h1-13,23H,14-17H2. The van der Waals surface area contributed by atoms with Gasteiger partial charge in [-0.05, 0) is 53.9 Å². The summed E-state index contributed by atoms with van der Waals surface area (Å²) in [6, 6.07) is 22.4. The lowest BCUT2D eigenvalue weighted by Crippen LogP contribution is -2.47. The lowest BCUT2D eigenvalue weighted by atomic mass is 10.1. The SMILES string of the molecule is O=C1CC(N(CCc2ccccc2)C(=O)Cc2ccc(Cl)cc2)C(=O)N1c1ccc(Cl)cc1. The number of amides is 3. The molecule has 7 heteroatoms. The normalized spacial score (nSPS) is 15.7. The molecule has 0 radical (unpaired) electrons. The van der Waals surface area contributed by atoms with Crippen LogP contribution in [0.2, 0.25) is 10.0 Å². The van der Waals surface area contributed by atoms with E-state index in [1.165, 1.54) is 4.90 Å². The summed E-state index contributed by atoms with van der Waals surface area (Å²) < 4.78 is 0. The number of carbonyl (C=O) groups excluding carboxylic acids is 3. The Kier molecular flexibility index (Phi) is 7.11. The quantitative estimate of drug-likeness (QED) is 0.450. The zero-order valence-electron chi connectivity index (χ0n) is 17.8. The summed E-state index contributed by atoms with van der Waals surface area (Å²) in [5.74, 6) is -0.950. The minimum Gasteiger partial charge on any atom is -0.329 e. The van der Waals surface area contributed by atoms with Crippen LogP contribution in [-0.4, -0.2) is 35.2 Å². The van der Waals surface area contributed by atoms with Gasteiger partial charge in [0, 0.05) is 16.6 Å². The van der Waals surface area contributed by atoms with Crippen molar-refractivity contribution in [3.05, 3.63) is 100 Å². The molecule has 1 aliphatic rings. The highest BCUT2D eigenvalue weighted by Crippen LogP contribution is 2.27. The summed E-state index contributed by atoms with van der Waals surface area (Å²) in [5, 5.41) is 1.10. The minimum absolute atomic E-state index is 0.0530. The third-order valence-corrected chi connectivity index (χ3v) is 6.16. The third-order valence-electron chi connectivity index (χ3n) is 5.66. The molecule has 0 saturated carbocycles. The molecule has 1 atom stereocenters. The van der Waals surface area contributed by atoms with Crippen molar-refractivity contribution < 1.29 is 14.4 Å². The van der Waals surface area contributed by atoms with E-state index in [4.69, 9.17) is 23.2 Å². The maximum Gasteiger partial charge on any atom is 0.257 e. The van der Waals surface area contributed by atoms with Gasteiger partial charge in [-0.3, -0.25) is 14.4 Å². The van der Waals surface area contributed by atoms with Crippen LogP contribution in [0.5, 0.6) is 0 Å². The molecule has 1 aliphatic heterocycles. The molecule has 1 heterocycles. The van der Waals surface area contributed by atoms with E-state index in [-0.39, 0.29) is 24.7 Å². The Labute approximate surface area is 202 Å². The van der Waals surface area contributed by atoms with Crippen molar-refractivity contribution in [3.63, 3.8) is 0 Å². The molecule has 5 nitrogen and oxygen atoms in total. The van der Waals surface area contributed by atoms with E-state index < -0.39 is 11.9 Å². The van der Waals surface area contributed by atoms with Crippen molar-refractivity contribution in [1.82, 2.24) is 4.90 Å². The molecule has 0 aromatic heterocycles. The molecular weight excluding hydrogens is 459 g/mol. The maximum atomic E-state index is 13.3. The van der Waals surface area contributed by atoms with Crippen molar-refractivity contribution >= 4 is 46.6 Å². The summed E-state index contributed by atoms with van der Waals surface area (Å²) in [4.78, 5) is 42.1. The molecule has 1 saturated heterocycles. The largest absolute Gasteiger partial charge is 0.329 e. The Morgan fingerprint density at radius 1 is 0.848 bits per heavy atom. The molecule has 0 spiro atoms. The van der Waals surface area contributed by atoms with Crippen LogP contribution in [0.3, 0.4) is 0 Å². The van der Waals surface area contributed by atoms with Crippen molar-refractivity contribution in [3.8, 4) is 0 Å². The number of hydrogen-bond acceptors (Lipinski definition) is 3. The van der Waals surface area contributed by atoms with Gasteiger partial charge in [0.15, 0.2) is 0 Å². The average molecular weight is 481 g/mol. The van der Waals surface area contributed by atoms with Crippen molar-refractivity contribution in [1.29, 1.82) is 0 Å². The summed E-state index contributed by atoms with van der Waals surface area (Å²) in [6.07, 6.45) is 0.638. The van der Waals surface area contributed by atoms with Crippen LogP contribution in [0.1, 0.15) is 17.5 Å². The van der Waals surface area contributed by atoms with E-state index in [0.717, 1.165) is 16.0 Å². The Balaban J connectivity index is 1.58. The third kappa shape index (κ3) is 5.44. The monoisotopic (exact) mass is 480 g/mol. The van der Waals surface area contributed by atoms with Gasteiger partial charge < -0.3 is 4.90 Å². The van der Waals surface area contributed by atoms with Gasteiger partial charge in [-0.2, -0.15) is 0 Å². The van der Waals surface area contributed by atoms with E-state index in [1.807, 2.05) is 30.3 Å². The van der Waals surface area contributed by atoms with E-state index in [1.54, 1.807) is 48.5 Å². The highest BCUT2D eigenvalue weighted by Gasteiger charge is 2.44. The van der Waals surface area contributed by atoms with Crippen LogP contribution in [0.25, 0.3) is 0 Å². The van der Waals surface area contributed by atoms with Gasteiger partial charge in [-0.15, -0.1) is 0 Å². The first-order valence-electron chi connectivity index (χ1n) is 10.6. The molecule has 3 amide bonds. The van der Waals surface area contributed by atoms with Crippen LogP contribution in [0, 0.1) is 0 Å². The van der Waals surface area contributed by atoms with Crippen LogP contribution >= 0.6 is 23.2 Å². The molecule has 168 valence electrons. The number of carbonyl (C=O) groups is 3. The smallest absolute Gasteiger partial charge is 0.257 e. The lowest BCUT2D eigenvalue weighted by molar-refractivity contribution is -0.137. The fraction of sp³-hybridized carbons (Fsp3) is 0.192. The Hall–Kier alpha value is -3.15. The number of halogens is 2. The summed E-state index contributed by atoms with van der Waals surface area (Å²) in [5.41, 5.74) is 2.29. The molecule has 33 heavy (non-hydrogen) atoms. The van der Waals surface area contributed by atoms with Gasteiger partial charge in [-0.25, -0.2) is 4.90 Å². The van der Waals surface area contributed by atoms with E-state index in [2.05, 4.69) is 0 Å².